The van der Waals surface area contributed by atoms with Gasteiger partial charge in [0.2, 0.25) is 5.78 Å². The zero-order valence-corrected chi connectivity index (χ0v) is 17.3. The molecule has 0 spiro atoms. The first kappa shape index (κ1) is 16.9. The average molecular weight is 425 g/mol. The minimum atomic E-state index is -0.0449. The SMILES string of the molecule is O=C1c2cc(-n3c4ccccc4n4c5ccccc5nc34)ccc2-c2nc3ccccc3n21. The van der Waals surface area contributed by atoms with Gasteiger partial charge in [0.25, 0.3) is 5.91 Å². The molecule has 33 heavy (non-hydrogen) atoms. The number of carbonyl (C=O) groups excluding carboxylic acids is 1. The van der Waals surface area contributed by atoms with Crippen molar-refractivity contribution in [3.63, 3.8) is 0 Å². The number of carbonyl (C=O) groups is 1. The molecule has 154 valence electrons. The number of imidazole rings is 3. The lowest BCUT2D eigenvalue weighted by molar-refractivity contribution is 0.0973. The van der Waals surface area contributed by atoms with E-state index in [4.69, 9.17) is 9.97 Å². The highest BCUT2D eigenvalue weighted by molar-refractivity contribution is 6.13. The van der Waals surface area contributed by atoms with Gasteiger partial charge in [-0.3, -0.25) is 18.3 Å². The summed E-state index contributed by atoms with van der Waals surface area (Å²) in [7, 11) is 0. The van der Waals surface area contributed by atoms with Crippen molar-refractivity contribution >= 4 is 44.8 Å². The first-order valence-corrected chi connectivity index (χ1v) is 10.8. The molecule has 0 N–H and O–H groups in total. The summed E-state index contributed by atoms with van der Waals surface area (Å²) in [5.74, 6) is 1.49. The summed E-state index contributed by atoms with van der Waals surface area (Å²) in [4.78, 5) is 23.1. The van der Waals surface area contributed by atoms with Gasteiger partial charge in [0.05, 0.1) is 38.7 Å². The van der Waals surface area contributed by atoms with Gasteiger partial charge in [0.15, 0.2) is 0 Å². The molecule has 1 aliphatic heterocycles. The number of fused-ring (bicyclic) bond motifs is 10. The van der Waals surface area contributed by atoms with Gasteiger partial charge in [0.1, 0.15) is 5.82 Å². The van der Waals surface area contributed by atoms with Crippen LogP contribution in [0.25, 0.3) is 56.0 Å². The Labute approximate surface area is 187 Å². The van der Waals surface area contributed by atoms with Crippen LogP contribution in [0.1, 0.15) is 10.4 Å². The Bertz CT molecular complexity index is 1950. The summed E-state index contributed by atoms with van der Waals surface area (Å²) in [5.41, 5.74) is 8.21. The van der Waals surface area contributed by atoms with Crippen molar-refractivity contribution in [1.29, 1.82) is 0 Å². The standard InChI is InChI=1S/C27H15N5O/c33-26-18-15-16(13-14-17(18)25-28-19-7-1-4-10-22(19)32(25)26)30-23-11-5-6-12-24(23)31-21-9-3-2-8-20(21)29-27(30)31/h1-15H. The molecular weight excluding hydrogens is 410 g/mol. The molecule has 0 bridgehead atoms. The highest BCUT2D eigenvalue weighted by atomic mass is 16.2. The Morgan fingerprint density at radius 1 is 0.576 bits per heavy atom. The molecule has 0 unspecified atom stereocenters. The third-order valence-corrected chi connectivity index (χ3v) is 6.60. The van der Waals surface area contributed by atoms with E-state index in [2.05, 4.69) is 27.2 Å². The molecule has 1 aliphatic rings. The van der Waals surface area contributed by atoms with Crippen molar-refractivity contribution in [3.8, 4) is 17.1 Å². The van der Waals surface area contributed by atoms with E-state index in [1.807, 2.05) is 72.8 Å². The predicted octanol–water partition coefficient (Wildman–Crippen LogP) is 5.45. The highest BCUT2D eigenvalue weighted by Crippen LogP contribution is 2.37. The van der Waals surface area contributed by atoms with Crippen LogP contribution < -0.4 is 0 Å². The monoisotopic (exact) mass is 425 g/mol. The van der Waals surface area contributed by atoms with E-state index >= 15 is 0 Å². The second-order valence-electron chi connectivity index (χ2n) is 8.35. The van der Waals surface area contributed by atoms with Crippen molar-refractivity contribution in [2.75, 3.05) is 0 Å². The fraction of sp³-hybridized carbons (Fsp3) is 0. The molecule has 3 aromatic heterocycles. The fourth-order valence-corrected chi connectivity index (χ4v) is 5.18. The lowest BCUT2D eigenvalue weighted by atomic mass is 10.1. The first-order valence-electron chi connectivity index (χ1n) is 10.8. The van der Waals surface area contributed by atoms with Crippen LogP contribution in [0.3, 0.4) is 0 Å². The number of aromatic nitrogens is 5. The van der Waals surface area contributed by atoms with Crippen LogP contribution in [0.4, 0.5) is 0 Å². The average Bonchev–Trinajstić information content (AvgIpc) is 3.57. The molecule has 0 fully saturated rings. The van der Waals surface area contributed by atoms with Gasteiger partial charge in [-0.05, 0) is 54.6 Å². The van der Waals surface area contributed by atoms with Gasteiger partial charge in [0, 0.05) is 11.3 Å². The third-order valence-electron chi connectivity index (χ3n) is 6.60. The van der Waals surface area contributed by atoms with Gasteiger partial charge < -0.3 is 0 Å². The van der Waals surface area contributed by atoms with Crippen LogP contribution in [0.15, 0.2) is 91.0 Å². The molecule has 6 heteroatoms. The van der Waals surface area contributed by atoms with E-state index < -0.39 is 0 Å². The summed E-state index contributed by atoms with van der Waals surface area (Å²) < 4.78 is 6.03. The van der Waals surface area contributed by atoms with Gasteiger partial charge in [-0.1, -0.05) is 36.4 Å². The number of benzene rings is 4. The molecule has 0 radical (unpaired) electrons. The zero-order chi connectivity index (χ0) is 21.7. The molecule has 7 aromatic rings. The van der Waals surface area contributed by atoms with Gasteiger partial charge in [-0.2, -0.15) is 0 Å². The molecule has 6 nitrogen and oxygen atoms in total. The second-order valence-corrected chi connectivity index (χ2v) is 8.35. The Kier molecular flexibility index (Phi) is 2.95. The molecule has 4 aromatic carbocycles. The maximum absolute atomic E-state index is 13.4. The number of nitrogens with zero attached hydrogens (tertiary/aromatic N) is 5. The minimum Gasteiger partial charge on any atom is -0.278 e. The first-order chi connectivity index (χ1) is 16.3. The van der Waals surface area contributed by atoms with Crippen LogP contribution in [-0.2, 0) is 0 Å². The van der Waals surface area contributed by atoms with Crippen LogP contribution in [0, 0.1) is 0 Å². The van der Waals surface area contributed by atoms with Gasteiger partial charge in [-0.15, -0.1) is 0 Å². The molecule has 0 atom stereocenters. The smallest absolute Gasteiger partial charge is 0.264 e. The summed E-state index contributed by atoms with van der Waals surface area (Å²) in [6.45, 7) is 0. The van der Waals surface area contributed by atoms with E-state index in [0.717, 1.165) is 50.1 Å². The normalized spacial score (nSPS) is 12.9. The zero-order valence-electron chi connectivity index (χ0n) is 17.3. The van der Waals surface area contributed by atoms with E-state index in [-0.39, 0.29) is 5.91 Å². The number of para-hydroxylation sites is 6. The molecule has 0 saturated heterocycles. The van der Waals surface area contributed by atoms with Gasteiger partial charge >= 0.3 is 0 Å². The summed E-state index contributed by atoms with van der Waals surface area (Å²) in [6.07, 6.45) is 0. The molecule has 0 amide bonds. The van der Waals surface area contributed by atoms with E-state index in [9.17, 15) is 4.79 Å². The molecular formula is C27H15N5O. The van der Waals surface area contributed by atoms with Crippen LogP contribution in [0.2, 0.25) is 0 Å². The Hall–Kier alpha value is -4.71. The molecule has 4 heterocycles. The van der Waals surface area contributed by atoms with Crippen LogP contribution in [0.5, 0.6) is 0 Å². The van der Waals surface area contributed by atoms with Crippen molar-refractivity contribution in [3.05, 3.63) is 96.6 Å². The second kappa shape index (κ2) is 5.75. The number of hydrogen-bond donors (Lipinski definition) is 0. The van der Waals surface area contributed by atoms with E-state index in [1.165, 1.54) is 0 Å². The Balaban J connectivity index is 1.43. The van der Waals surface area contributed by atoms with Crippen molar-refractivity contribution < 1.29 is 4.79 Å². The van der Waals surface area contributed by atoms with Crippen molar-refractivity contribution in [2.45, 2.75) is 0 Å². The van der Waals surface area contributed by atoms with Crippen molar-refractivity contribution in [2.24, 2.45) is 0 Å². The van der Waals surface area contributed by atoms with Crippen LogP contribution in [-0.4, -0.2) is 29.4 Å². The van der Waals surface area contributed by atoms with E-state index in [1.54, 1.807) is 4.57 Å². The number of hydrogen-bond acceptors (Lipinski definition) is 3. The fourth-order valence-electron chi connectivity index (χ4n) is 5.18. The Morgan fingerprint density at radius 2 is 1.24 bits per heavy atom. The summed E-state index contributed by atoms with van der Waals surface area (Å²) >= 11 is 0. The predicted molar refractivity (Wildman–Crippen MR) is 128 cm³/mol. The minimum absolute atomic E-state index is 0.0449. The summed E-state index contributed by atoms with van der Waals surface area (Å²) in [5, 5.41) is 0. The Morgan fingerprint density at radius 3 is 2.06 bits per heavy atom. The van der Waals surface area contributed by atoms with Crippen molar-refractivity contribution in [1.82, 2.24) is 23.5 Å². The lowest BCUT2D eigenvalue weighted by Crippen LogP contribution is -2.06. The number of rotatable bonds is 1. The molecule has 0 aliphatic carbocycles. The third kappa shape index (κ3) is 2.01. The highest BCUT2D eigenvalue weighted by Gasteiger charge is 2.30. The largest absolute Gasteiger partial charge is 0.278 e. The van der Waals surface area contributed by atoms with E-state index in [0.29, 0.717) is 11.4 Å². The maximum atomic E-state index is 13.4. The van der Waals surface area contributed by atoms with Crippen LogP contribution >= 0.6 is 0 Å². The summed E-state index contributed by atoms with van der Waals surface area (Å²) in [6, 6.07) is 30.2. The molecule has 8 rings (SSSR count). The lowest BCUT2D eigenvalue weighted by Gasteiger charge is -2.07. The molecule has 0 saturated carbocycles. The quantitative estimate of drug-likeness (QED) is 0.351. The maximum Gasteiger partial charge on any atom is 0.264 e. The van der Waals surface area contributed by atoms with Gasteiger partial charge in [-0.25, -0.2) is 9.97 Å². The topological polar surface area (TPSA) is 57.1 Å².